The third-order valence-electron chi connectivity index (χ3n) is 2.20. The molecule has 0 spiro atoms. The van der Waals surface area contributed by atoms with Crippen molar-refractivity contribution in [1.82, 2.24) is 9.88 Å². The molecule has 0 saturated carbocycles. The first-order valence-electron chi connectivity index (χ1n) is 4.98. The van der Waals surface area contributed by atoms with Crippen molar-refractivity contribution in [2.75, 3.05) is 0 Å². The summed E-state index contributed by atoms with van der Waals surface area (Å²) in [4.78, 5) is 0. The average Bonchev–Trinajstić information content (AvgIpc) is 2.42. The van der Waals surface area contributed by atoms with Crippen molar-refractivity contribution in [2.45, 2.75) is 27.1 Å². The zero-order chi connectivity index (χ0) is 13.2. The number of halogens is 3. The maximum atomic E-state index is 12.0. The number of aryl methyl sites for hydroxylation is 2. The van der Waals surface area contributed by atoms with Crippen LogP contribution in [-0.2, 0) is 0 Å². The number of aromatic nitrogens is 1. The molecule has 2 N–H and O–H groups in total. The standard InChI is InChI=1S/C11H14F3N3/c1-7(16-11(12,13)14)6-10(15)17-8(2)4-5-9(17)3/h4-6,15-16H,1-3H3/b7-6-,15-10?. The van der Waals surface area contributed by atoms with E-state index in [9.17, 15) is 13.2 Å². The summed E-state index contributed by atoms with van der Waals surface area (Å²) in [5.74, 6) is -0.000694. The van der Waals surface area contributed by atoms with Crippen LogP contribution >= 0.6 is 0 Å². The minimum absolute atomic E-state index is 0.000694. The van der Waals surface area contributed by atoms with Gasteiger partial charge in [-0.2, -0.15) is 13.2 Å². The lowest BCUT2D eigenvalue weighted by atomic mass is 10.3. The second kappa shape index (κ2) is 4.65. The molecule has 0 aliphatic rings. The van der Waals surface area contributed by atoms with E-state index in [-0.39, 0.29) is 11.5 Å². The van der Waals surface area contributed by atoms with E-state index >= 15 is 0 Å². The molecule has 0 fully saturated rings. The smallest absolute Gasteiger partial charge is 0.304 e. The van der Waals surface area contributed by atoms with Crippen LogP contribution < -0.4 is 5.32 Å². The van der Waals surface area contributed by atoms with Gasteiger partial charge in [-0.1, -0.05) is 0 Å². The molecule has 0 aromatic carbocycles. The van der Waals surface area contributed by atoms with Gasteiger partial charge in [0.25, 0.3) is 0 Å². The summed E-state index contributed by atoms with van der Waals surface area (Å²) in [6, 6.07) is 3.62. The lowest BCUT2D eigenvalue weighted by Gasteiger charge is -2.12. The van der Waals surface area contributed by atoms with Crippen LogP contribution in [0.3, 0.4) is 0 Å². The van der Waals surface area contributed by atoms with Crippen molar-refractivity contribution in [3.63, 3.8) is 0 Å². The highest BCUT2D eigenvalue weighted by atomic mass is 19.4. The Kier molecular flexibility index (Phi) is 3.65. The molecule has 0 radical (unpaired) electrons. The van der Waals surface area contributed by atoms with Crippen molar-refractivity contribution in [1.29, 1.82) is 5.41 Å². The minimum Gasteiger partial charge on any atom is -0.304 e. The summed E-state index contributed by atoms with van der Waals surface area (Å²) >= 11 is 0. The third kappa shape index (κ3) is 3.65. The van der Waals surface area contributed by atoms with Gasteiger partial charge in [0.1, 0.15) is 5.84 Å². The zero-order valence-corrected chi connectivity index (χ0v) is 9.81. The Balaban J connectivity index is 2.89. The van der Waals surface area contributed by atoms with E-state index in [1.54, 1.807) is 18.4 Å². The summed E-state index contributed by atoms with van der Waals surface area (Å²) in [5, 5.41) is 9.10. The molecule has 0 unspecified atom stereocenters. The van der Waals surface area contributed by atoms with Crippen LogP contribution in [0.4, 0.5) is 13.2 Å². The molecule has 17 heavy (non-hydrogen) atoms. The third-order valence-corrected chi connectivity index (χ3v) is 2.20. The topological polar surface area (TPSA) is 40.8 Å². The Bertz CT molecular complexity index is 436. The van der Waals surface area contributed by atoms with E-state index in [4.69, 9.17) is 5.41 Å². The fourth-order valence-corrected chi connectivity index (χ4v) is 1.58. The Morgan fingerprint density at radius 2 is 1.76 bits per heavy atom. The van der Waals surface area contributed by atoms with Gasteiger partial charge >= 0.3 is 6.30 Å². The van der Waals surface area contributed by atoms with Crippen molar-refractivity contribution in [3.8, 4) is 0 Å². The molecule has 1 aromatic rings. The van der Waals surface area contributed by atoms with Crippen LogP contribution in [0.5, 0.6) is 0 Å². The predicted molar refractivity (Wildman–Crippen MR) is 60.0 cm³/mol. The SMILES string of the molecule is C/C(=C/C(=N)n1c(C)ccc1C)NC(F)(F)F. The van der Waals surface area contributed by atoms with E-state index in [1.165, 1.54) is 12.2 Å². The van der Waals surface area contributed by atoms with Crippen molar-refractivity contribution in [3.05, 3.63) is 35.3 Å². The van der Waals surface area contributed by atoms with Crippen LogP contribution in [0.15, 0.2) is 23.9 Å². The molecular weight excluding hydrogens is 231 g/mol. The summed E-state index contributed by atoms with van der Waals surface area (Å²) in [7, 11) is 0. The minimum atomic E-state index is -4.47. The highest BCUT2D eigenvalue weighted by molar-refractivity contribution is 5.93. The average molecular weight is 245 g/mol. The van der Waals surface area contributed by atoms with Crippen LogP contribution in [0.2, 0.25) is 0 Å². The van der Waals surface area contributed by atoms with E-state index in [0.717, 1.165) is 17.5 Å². The van der Waals surface area contributed by atoms with Gasteiger partial charge in [0.2, 0.25) is 0 Å². The number of allylic oxidation sites excluding steroid dienone is 2. The first kappa shape index (κ1) is 13.3. The normalized spacial score (nSPS) is 12.7. The van der Waals surface area contributed by atoms with Gasteiger partial charge in [0, 0.05) is 17.1 Å². The van der Waals surface area contributed by atoms with Gasteiger partial charge in [-0.3, -0.25) is 5.41 Å². The second-order valence-corrected chi connectivity index (χ2v) is 3.79. The van der Waals surface area contributed by atoms with Crippen molar-refractivity contribution >= 4 is 5.84 Å². The fourth-order valence-electron chi connectivity index (χ4n) is 1.58. The molecule has 1 aromatic heterocycles. The van der Waals surface area contributed by atoms with Crippen molar-refractivity contribution in [2.24, 2.45) is 0 Å². The molecule has 1 rings (SSSR count). The first-order chi connectivity index (χ1) is 7.70. The Labute approximate surface area is 97.4 Å². The Morgan fingerprint density at radius 3 is 2.18 bits per heavy atom. The summed E-state index contributed by atoms with van der Waals surface area (Å²) in [6.07, 6.45) is -3.32. The number of hydrogen-bond donors (Lipinski definition) is 2. The van der Waals surface area contributed by atoms with Gasteiger partial charge in [-0.25, -0.2) is 0 Å². The van der Waals surface area contributed by atoms with Crippen LogP contribution in [0, 0.1) is 19.3 Å². The number of hydrogen-bond acceptors (Lipinski definition) is 2. The number of alkyl halides is 3. The molecular formula is C11H14F3N3. The molecule has 94 valence electrons. The molecule has 0 aliphatic heterocycles. The second-order valence-electron chi connectivity index (χ2n) is 3.79. The molecule has 3 nitrogen and oxygen atoms in total. The van der Waals surface area contributed by atoms with Crippen molar-refractivity contribution < 1.29 is 13.2 Å². The maximum Gasteiger partial charge on any atom is 0.482 e. The Morgan fingerprint density at radius 1 is 1.29 bits per heavy atom. The van der Waals surface area contributed by atoms with Gasteiger partial charge in [0.15, 0.2) is 0 Å². The molecule has 6 heteroatoms. The molecule has 0 atom stereocenters. The largest absolute Gasteiger partial charge is 0.482 e. The molecule has 1 heterocycles. The van der Waals surface area contributed by atoms with Gasteiger partial charge in [-0.15, -0.1) is 0 Å². The lowest BCUT2D eigenvalue weighted by molar-refractivity contribution is -0.149. The van der Waals surface area contributed by atoms with Gasteiger partial charge in [-0.05, 0) is 39.0 Å². The molecule has 0 amide bonds. The summed E-state index contributed by atoms with van der Waals surface area (Å²) in [6.45, 7) is 4.86. The molecule has 0 bridgehead atoms. The number of rotatable bonds is 2. The summed E-state index contributed by atoms with van der Waals surface area (Å²) in [5.41, 5.74) is 1.50. The summed E-state index contributed by atoms with van der Waals surface area (Å²) < 4.78 is 37.7. The molecule has 0 aliphatic carbocycles. The molecule has 0 saturated heterocycles. The maximum absolute atomic E-state index is 12.0. The van der Waals surface area contributed by atoms with Crippen LogP contribution in [0.1, 0.15) is 18.3 Å². The zero-order valence-electron chi connectivity index (χ0n) is 9.81. The highest BCUT2D eigenvalue weighted by Gasteiger charge is 2.26. The highest BCUT2D eigenvalue weighted by Crippen LogP contribution is 2.13. The van der Waals surface area contributed by atoms with Crippen LogP contribution in [0.25, 0.3) is 0 Å². The van der Waals surface area contributed by atoms with E-state index in [1.807, 2.05) is 12.1 Å². The predicted octanol–water partition coefficient (Wildman–Crippen LogP) is 2.94. The Hall–Kier alpha value is -1.72. The van der Waals surface area contributed by atoms with E-state index < -0.39 is 6.30 Å². The van der Waals surface area contributed by atoms with E-state index in [2.05, 4.69) is 0 Å². The first-order valence-corrected chi connectivity index (χ1v) is 4.98. The monoisotopic (exact) mass is 245 g/mol. The fraction of sp³-hybridized carbons (Fsp3) is 0.364. The quantitative estimate of drug-likeness (QED) is 0.469. The lowest BCUT2D eigenvalue weighted by Crippen LogP contribution is -2.30. The number of nitrogens with one attached hydrogen (secondary N) is 2. The van der Waals surface area contributed by atoms with Crippen LogP contribution in [-0.4, -0.2) is 16.7 Å². The van der Waals surface area contributed by atoms with Gasteiger partial charge < -0.3 is 9.88 Å². The van der Waals surface area contributed by atoms with E-state index in [0.29, 0.717) is 0 Å². The van der Waals surface area contributed by atoms with Gasteiger partial charge in [0.05, 0.1) is 0 Å². The number of nitrogens with zero attached hydrogens (tertiary/aromatic N) is 1.